The van der Waals surface area contributed by atoms with E-state index in [0.717, 1.165) is 0 Å². The van der Waals surface area contributed by atoms with Gasteiger partial charge in [-0.2, -0.15) is 0 Å². The number of ether oxygens (including phenoxy) is 1. The fraction of sp³-hybridized carbons (Fsp3) is 0.0833. The average Bonchev–Trinajstić information content (AvgIpc) is 2.33. The summed E-state index contributed by atoms with van der Waals surface area (Å²) in [6.45, 7) is 0. The molecule has 82 valence electrons. The van der Waals surface area contributed by atoms with Gasteiger partial charge >= 0.3 is 0 Å². The maximum Gasteiger partial charge on any atom is 0.167 e. The smallest absolute Gasteiger partial charge is 0.167 e. The number of para-hydroxylation sites is 1. The summed E-state index contributed by atoms with van der Waals surface area (Å²) in [5.41, 5.74) is 0.616. The lowest BCUT2D eigenvalue weighted by molar-refractivity contribution is 0.436. The second kappa shape index (κ2) is 4.94. The van der Waals surface area contributed by atoms with Crippen LogP contribution in [0.2, 0.25) is 0 Å². The number of nitrogens with zero attached hydrogens (tertiary/aromatic N) is 1. The van der Waals surface area contributed by atoms with E-state index >= 15 is 0 Å². The molecule has 1 aromatic carbocycles. The van der Waals surface area contributed by atoms with E-state index in [9.17, 15) is 4.39 Å². The fourth-order valence-corrected chi connectivity index (χ4v) is 1.51. The highest BCUT2D eigenvalue weighted by molar-refractivity contribution is 6.17. The van der Waals surface area contributed by atoms with Crippen molar-refractivity contribution in [2.45, 2.75) is 5.88 Å². The Bertz CT molecular complexity index is 476. The zero-order valence-corrected chi connectivity index (χ0v) is 9.12. The molecule has 0 bridgehead atoms. The van der Waals surface area contributed by atoms with Gasteiger partial charge in [-0.1, -0.05) is 12.1 Å². The van der Waals surface area contributed by atoms with E-state index in [2.05, 4.69) is 4.98 Å². The highest BCUT2D eigenvalue weighted by atomic mass is 35.5. The predicted molar refractivity (Wildman–Crippen MR) is 60.3 cm³/mol. The van der Waals surface area contributed by atoms with Crippen LogP contribution in [0.5, 0.6) is 11.5 Å². The lowest BCUT2D eigenvalue weighted by Gasteiger charge is -2.09. The second-order valence-electron chi connectivity index (χ2n) is 3.15. The standard InChI is InChI=1S/C12H9ClFNO/c13-7-9-3-1-5-11(14)12(9)16-10-4-2-6-15-8-10/h1-6,8H,7H2. The Morgan fingerprint density at radius 3 is 2.81 bits per heavy atom. The fourth-order valence-electron chi connectivity index (χ4n) is 1.30. The molecule has 2 nitrogen and oxygen atoms in total. The Hall–Kier alpha value is -1.61. The second-order valence-corrected chi connectivity index (χ2v) is 3.42. The molecular weight excluding hydrogens is 229 g/mol. The number of benzene rings is 1. The van der Waals surface area contributed by atoms with E-state index < -0.39 is 5.82 Å². The van der Waals surface area contributed by atoms with Gasteiger partial charge in [0, 0.05) is 11.8 Å². The van der Waals surface area contributed by atoms with Crippen LogP contribution in [0, 0.1) is 5.82 Å². The third kappa shape index (κ3) is 2.31. The van der Waals surface area contributed by atoms with Crippen molar-refractivity contribution in [2.75, 3.05) is 0 Å². The first kappa shape index (κ1) is 10.9. The van der Waals surface area contributed by atoms with Gasteiger partial charge < -0.3 is 4.74 Å². The summed E-state index contributed by atoms with van der Waals surface area (Å²) in [4.78, 5) is 3.89. The minimum Gasteiger partial charge on any atom is -0.452 e. The maximum absolute atomic E-state index is 13.5. The van der Waals surface area contributed by atoms with E-state index in [1.807, 2.05) is 0 Å². The van der Waals surface area contributed by atoms with Gasteiger partial charge in [-0.15, -0.1) is 11.6 Å². The third-order valence-electron chi connectivity index (χ3n) is 2.05. The molecule has 0 fully saturated rings. The van der Waals surface area contributed by atoms with Crippen molar-refractivity contribution in [3.05, 3.63) is 54.1 Å². The number of halogens is 2. The number of hydrogen-bond donors (Lipinski definition) is 0. The first-order valence-corrected chi connectivity index (χ1v) is 5.26. The predicted octanol–water partition coefficient (Wildman–Crippen LogP) is 3.75. The zero-order valence-electron chi connectivity index (χ0n) is 8.36. The molecule has 2 aromatic rings. The molecule has 16 heavy (non-hydrogen) atoms. The summed E-state index contributed by atoms with van der Waals surface area (Å²) in [7, 11) is 0. The van der Waals surface area contributed by atoms with Crippen molar-refractivity contribution in [3.63, 3.8) is 0 Å². The van der Waals surface area contributed by atoms with Crippen LogP contribution in [0.3, 0.4) is 0 Å². The van der Waals surface area contributed by atoms with Crippen LogP contribution in [0.1, 0.15) is 5.56 Å². The highest BCUT2D eigenvalue weighted by Crippen LogP contribution is 2.28. The Morgan fingerprint density at radius 2 is 2.12 bits per heavy atom. The van der Waals surface area contributed by atoms with E-state index in [4.69, 9.17) is 16.3 Å². The van der Waals surface area contributed by atoms with Crippen molar-refractivity contribution in [2.24, 2.45) is 0 Å². The molecule has 0 unspecified atom stereocenters. The maximum atomic E-state index is 13.5. The number of hydrogen-bond acceptors (Lipinski definition) is 2. The normalized spacial score (nSPS) is 10.1. The van der Waals surface area contributed by atoms with E-state index in [0.29, 0.717) is 11.3 Å². The van der Waals surface area contributed by atoms with Crippen molar-refractivity contribution in [1.29, 1.82) is 0 Å². The zero-order chi connectivity index (χ0) is 11.4. The van der Waals surface area contributed by atoms with Crippen molar-refractivity contribution in [1.82, 2.24) is 4.98 Å². The Kier molecular flexibility index (Phi) is 3.37. The Labute approximate surface area is 97.7 Å². The molecule has 0 saturated carbocycles. The van der Waals surface area contributed by atoms with Crippen molar-refractivity contribution >= 4 is 11.6 Å². The molecule has 0 radical (unpaired) electrons. The van der Waals surface area contributed by atoms with Crippen LogP contribution in [-0.4, -0.2) is 4.98 Å². The number of aromatic nitrogens is 1. The summed E-state index contributed by atoms with van der Waals surface area (Å²) in [6, 6.07) is 8.08. The van der Waals surface area contributed by atoms with Gasteiger partial charge in [-0.3, -0.25) is 4.98 Å². The van der Waals surface area contributed by atoms with Crippen LogP contribution in [0.25, 0.3) is 0 Å². The van der Waals surface area contributed by atoms with Gasteiger partial charge in [0.25, 0.3) is 0 Å². The summed E-state index contributed by atoms with van der Waals surface area (Å²) < 4.78 is 18.9. The molecule has 0 aliphatic carbocycles. The van der Waals surface area contributed by atoms with Gasteiger partial charge in [0.2, 0.25) is 0 Å². The lowest BCUT2D eigenvalue weighted by atomic mass is 10.2. The number of alkyl halides is 1. The first-order chi connectivity index (χ1) is 7.81. The molecule has 0 aliphatic heterocycles. The monoisotopic (exact) mass is 237 g/mol. The molecule has 1 aromatic heterocycles. The van der Waals surface area contributed by atoms with Crippen LogP contribution in [0.15, 0.2) is 42.7 Å². The van der Waals surface area contributed by atoms with Crippen LogP contribution in [0.4, 0.5) is 4.39 Å². The molecule has 0 amide bonds. The molecule has 0 saturated heterocycles. The van der Waals surface area contributed by atoms with Crippen LogP contribution >= 0.6 is 11.6 Å². The summed E-state index contributed by atoms with van der Waals surface area (Å²) in [5, 5.41) is 0. The first-order valence-electron chi connectivity index (χ1n) is 4.72. The lowest BCUT2D eigenvalue weighted by Crippen LogP contribution is -1.93. The molecule has 1 heterocycles. The molecule has 2 rings (SSSR count). The van der Waals surface area contributed by atoms with E-state index in [1.165, 1.54) is 12.3 Å². The minimum absolute atomic E-state index is 0.158. The number of pyridine rings is 1. The molecule has 0 aliphatic rings. The molecule has 0 atom stereocenters. The van der Waals surface area contributed by atoms with Crippen molar-refractivity contribution in [3.8, 4) is 11.5 Å². The average molecular weight is 238 g/mol. The largest absolute Gasteiger partial charge is 0.452 e. The Balaban J connectivity index is 2.34. The molecule has 4 heteroatoms. The summed E-state index contributed by atoms with van der Waals surface area (Å²) >= 11 is 5.71. The quantitative estimate of drug-likeness (QED) is 0.759. The minimum atomic E-state index is -0.429. The van der Waals surface area contributed by atoms with Gasteiger partial charge in [0.05, 0.1) is 12.1 Å². The molecule has 0 N–H and O–H groups in total. The van der Waals surface area contributed by atoms with Gasteiger partial charge in [-0.25, -0.2) is 4.39 Å². The summed E-state index contributed by atoms with van der Waals surface area (Å²) in [5.74, 6) is 0.416. The molecule has 0 spiro atoms. The topological polar surface area (TPSA) is 22.1 Å². The SMILES string of the molecule is Fc1cccc(CCl)c1Oc1cccnc1. The third-order valence-corrected chi connectivity index (χ3v) is 2.33. The van der Waals surface area contributed by atoms with E-state index in [1.54, 1.807) is 30.5 Å². The highest BCUT2D eigenvalue weighted by Gasteiger charge is 2.09. The molecular formula is C12H9ClFNO. The Morgan fingerprint density at radius 1 is 1.25 bits per heavy atom. The number of rotatable bonds is 3. The van der Waals surface area contributed by atoms with Gasteiger partial charge in [0.15, 0.2) is 11.6 Å². The van der Waals surface area contributed by atoms with Crippen molar-refractivity contribution < 1.29 is 9.13 Å². The summed E-state index contributed by atoms with van der Waals surface area (Å²) in [6.07, 6.45) is 3.14. The van der Waals surface area contributed by atoms with E-state index in [-0.39, 0.29) is 11.6 Å². The van der Waals surface area contributed by atoms with Gasteiger partial charge in [0.1, 0.15) is 5.75 Å². The van der Waals surface area contributed by atoms with Gasteiger partial charge in [-0.05, 0) is 18.2 Å². The van der Waals surface area contributed by atoms with Crippen LogP contribution in [-0.2, 0) is 5.88 Å². The van der Waals surface area contributed by atoms with Crippen LogP contribution < -0.4 is 4.74 Å².